The molecule has 0 bridgehead atoms. The van der Waals surface area contributed by atoms with Gasteiger partial charge in [0.1, 0.15) is 0 Å². The van der Waals surface area contributed by atoms with E-state index in [1.807, 2.05) is 0 Å². The standard InChI is InChI=1S/C13H20O3/c1-4-16-12(14)13(9-10-15-3)7-5-11(2)6-8-13/h4H,1-2,5-10H2,3H3. The topological polar surface area (TPSA) is 35.5 Å². The zero-order chi connectivity index (χ0) is 12.0. The van der Waals surface area contributed by atoms with Crippen molar-refractivity contribution in [3.8, 4) is 0 Å². The van der Waals surface area contributed by atoms with Crippen LogP contribution in [0, 0.1) is 5.41 Å². The van der Waals surface area contributed by atoms with Crippen LogP contribution in [0.15, 0.2) is 25.0 Å². The second kappa shape index (κ2) is 5.85. The van der Waals surface area contributed by atoms with Crippen molar-refractivity contribution >= 4 is 5.97 Å². The highest BCUT2D eigenvalue weighted by Gasteiger charge is 2.41. The molecule has 0 spiro atoms. The van der Waals surface area contributed by atoms with Gasteiger partial charge >= 0.3 is 5.97 Å². The molecule has 16 heavy (non-hydrogen) atoms. The number of hydrogen-bond donors (Lipinski definition) is 0. The van der Waals surface area contributed by atoms with Crippen molar-refractivity contribution in [2.45, 2.75) is 32.1 Å². The molecule has 1 aliphatic carbocycles. The van der Waals surface area contributed by atoms with Gasteiger partial charge in [-0.05, 0) is 32.1 Å². The molecular formula is C13H20O3. The summed E-state index contributed by atoms with van der Waals surface area (Å²) in [4.78, 5) is 12.0. The van der Waals surface area contributed by atoms with E-state index in [0.29, 0.717) is 13.0 Å². The maximum atomic E-state index is 12.0. The predicted octanol–water partition coefficient (Wildman–Crippen LogP) is 2.83. The van der Waals surface area contributed by atoms with Crippen LogP contribution in [0.1, 0.15) is 32.1 Å². The summed E-state index contributed by atoms with van der Waals surface area (Å²) in [6.07, 6.45) is 5.33. The highest BCUT2D eigenvalue weighted by atomic mass is 16.5. The molecule has 0 atom stereocenters. The third kappa shape index (κ3) is 2.95. The Morgan fingerprint density at radius 3 is 2.62 bits per heavy atom. The quantitative estimate of drug-likeness (QED) is 0.409. The number of hydrogen-bond acceptors (Lipinski definition) is 3. The minimum Gasteiger partial charge on any atom is -0.435 e. The van der Waals surface area contributed by atoms with Crippen LogP contribution in [0.3, 0.4) is 0 Å². The molecule has 0 unspecified atom stereocenters. The lowest BCUT2D eigenvalue weighted by Crippen LogP contribution is -2.35. The number of esters is 1. The molecular weight excluding hydrogens is 204 g/mol. The molecule has 0 aliphatic heterocycles. The average molecular weight is 224 g/mol. The molecule has 1 aliphatic rings. The Kier molecular flexibility index (Phi) is 4.74. The maximum absolute atomic E-state index is 12.0. The summed E-state index contributed by atoms with van der Waals surface area (Å²) in [6, 6.07) is 0. The van der Waals surface area contributed by atoms with Crippen molar-refractivity contribution < 1.29 is 14.3 Å². The van der Waals surface area contributed by atoms with E-state index in [-0.39, 0.29) is 5.97 Å². The first-order valence-electron chi connectivity index (χ1n) is 5.62. The largest absolute Gasteiger partial charge is 0.435 e. The number of carbonyl (C=O) groups is 1. The Hall–Kier alpha value is -1.09. The van der Waals surface area contributed by atoms with Gasteiger partial charge in [-0.2, -0.15) is 0 Å². The third-order valence-corrected chi connectivity index (χ3v) is 3.32. The first kappa shape index (κ1) is 13.0. The van der Waals surface area contributed by atoms with E-state index in [0.717, 1.165) is 25.7 Å². The number of carbonyl (C=O) groups excluding carboxylic acids is 1. The second-order valence-corrected chi connectivity index (χ2v) is 4.35. The normalized spacial score (nSPS) is 19.2. The van der Waals surface area contributed by atoms with Crippen molar-refractivity contribution in [1.82, 2.24) is 0 Å². The van der Waals surface area contributed by atoms with E-state index in [1.54, 1.807) is 7.11 Å². The van der Waals surface area contributed by atoms with E-state index in [1.165, 1.54) is 11.8 Å². The minimum absolute atomic E-state index is 0.174. The van der Waals surface area contributed by atoms with Crippen molar-refractivity contribution in [2.75, 3.05) is 13.7 Å². The molecule has 3 heteroatoms. The van der Waals surface area contributed by atoms with Gasteiger partial charge in [0.15, 0.2) is 0 Å². The van der Waals surface area contributed by atoms with E-state index in [2.05, 4.69) is 13.2 Å². The minimum atomic E-state index is -0.397. The first-order valence-corrected chi connectivity index (χ1v) is 5.62. The molecule has 0 aromatic heterocycles. The van der Waals surface area contributed by atoms with Crippen LogP contribution in [0.4, 0.5) is 0 Å². The van der Waals surface area contributed by atoms with Crippen LogP contribution in [0.5, 0.6) is 0 Å². The van der Waals surface area contributed by atoms with Gasteiger partial charge in [-0.1, -0.05) is 18.7 Å². The van der Waals surface area contributed by atoms with Crippen molar-refractivity contribution in [2.24, 2.45) is 5.41 Å². The highest BCUT2D eigenvalue weighted by Crippen LogP contribution is 2.42. The molecule has 1 saturated carbocycles. The fourth-order valence-corrected chi connectivity index (χ4v) is 2.14. The number of allylic oxidation sites excluding steroid dienone is 1. The molecule has 0 N–H and O–H groups in total. The molecule has 1 rings (SSSR count). The Labute approximate surface area is 97.1 Å². The fraction of sp³-hybridized carbons (Fsp3) is 0.615. The van der Waals surface area contributed by atoms with E-state index in [4.69, 9.17) is 9.47 Å². The monoisotopic (exact) mass is 224 g/mol. The van der Waals surface area contributed by atoms with E-state index in [9.17, 15) is 4.79 Å². The van der Waals surface area contributed by atoms with Crippen molar-refractivity contribution in [3.63, 3.8) is 0 Å². The van der Waals surface area contributed by atoms with Crippen molar-refractivity contribution in [1.29, 1.82) is 0 Å². The summed E-state index contributed by atoms with van der Waals surface area (Å²) >= 11 is 0. The van der Waals surface area contributed by atoms with Crippen LogP contribution < -0.4 is 0 Å². The number of ether oxygens (including phenoxy) is 2. The van der Waals surface area contributed by atoms with E-state index < -0.39 is 5.41 Å². The Morgan fingerprint density at radius 2 is 2.12 bits per heavy atom. The van der Waals surface area contributed by atoms with Crippen molar-refractivity contribution in [3.05, 3.63) is 25.0 Å². The fourth-order valence-electron chi connectivity index (χ4n) is 2.14. The first-order chi connectivity index (χ1) is 7.64. The number of rotatable bonds is 5. The van der Waals surface area contributed by atoms with Gasteiger partial charge in [0, 0.05) is 13.7 Å². The average Bonchev–Trinajstić information content (AvgIpc) is 2.29. The highest BCUT2D eigenvalue weighted by molar-refractivity contribution is 5.77. The van der Waals surface area contributed by atoms with E-state index >= 15 is 0 Å². The number of methoxy groups -OCH3 is 1. The molecule has 1 fully saturated rings. The van der Waals surface area contributed by atoms with Gasteiger partial charge in [-0.15, -0.1) is 0 Å². The van der Waals surface area contributed by atoms with Crippen LogP contribution in [-0.4, -0.2) is 19.7 Å². The summed E-state index contributed by atoms with van der Waals surface area (Å²) in [7, 11) is 1.65. The lowest BCUT2D eigenvalue weighted by molar-refractivity contribution is -0.152. The third-order valence-electron chi connectivity index (χ3n) is 3.32. The summed E-state index contributed by atoms with van der Waals surface area (Å²) in [5, 5.41) is 0. The lowest BCUT2D eigenvalue weighted by atomic mass is 9.71. The summed E-state index contributed by atoms with van der Waals surface area (Å²) < 4.78 is 10.0. The molecule has 0 aromatic rings. The van der Waals surface area contributed by atoms with Gasteiger partial charge in [0.25, 0.3) is 0 Å². The Balaban J connectivity index is 2.71. The predicted molar refractivity (Wildman–Crippen MR) is 62.8 cm³/mol. The van der Waals surface area contributed by atoms with Crippen LogP contribution in [0.25, 0.3) is 0 Å². The molecule has 0 saturated heterocycles. The SMILES string of the molecule is C=COC(=O)C1(CCOC)CCC(=C)CC1. The zero-order valence-corrected chi connectivity index (χ0v) is 9.96. The zero-order valence-electron chi connectivity index (χ0n) is 9.96. The maximum Gasteiger partial charge on any atom is 0.316 e. The van der Waals surface area contributed by atoms with Gasteiger partial charge in [-0.25, -0.2) is 0 Å². The van der Waals surface area contributed by atoms with Crippen LogP contribution in [-0.2, 0) is 14.3 Å². The van der Waals surface area contributed by atoms with Crippen LogP contribution >= 0.6 is 0 Å². The Bertz CT molecular complexity index is 271. The smallest absolute Gasteiger partial charge is 0.316 e. The summed E-state index contributed by atoms with van der Waals surface area (Å²) in [6.45, 7) is 7.97. The molecule has 0 radical (unpaired) electrons. The molecule has 0 aromatic carbocycles. The second-order valence-electron chi connectivity index (χ2n) is 4.35. The van der Waals surface area contributed by atoms with Gasteiger partial charge < -0.3 is 9.47 Å². The van der Waals surface area contributed by atoms with Gasteiger partial charge in [-0.3, -0.25) is 4.79 Å². The molecule has 90 valence electrons. The summed E-state index contributed by atoms with van der Waals surface area (Å²) in [5.74, 6) is -0.174. The Morgan fingerprint density at radius 1 is 1.50 bits per heavy atom. The molecule has 0 amide bonds. The summed E-state index contributed by atoms with van der Waals surface area (Å²) in [5.41, 5.74) is 0.824. The van der Waals surface area contributed by atoms with Crippen LogP contribution in [0.2, 0.25) is 0 Å². The molecule has 0 heterocycles. The lowest BCUT2D eigenvalue weighted by Gasteiger charge is -2.35. The molecule has 3 nitrogen and oxygen atoms in total. The van der Waals surface area contributed by atoms with Gasteiger partial charge in [0.05, 0.1) is 11.7 Å². The van der Waals surface area contributed by atoms with Gasteiger partial charge in [0.2, 0.25) is 0 Å².